The van der Waals surface area contributed by atoms with Gasteiger partial charge in [0.15, 0.2) is 11.5 Å². The standard InChI is InChI=1S/C23H23N7O2/c1-14(2)13-29-23(32)19-9-4-3-8-18(19)20(26-29)22(31)24-16-7-5-6-15(12-16)21-25-27-28-30(21)17-10-11-17/h3-9,12,14,17H,10-11,13H2,1-2H3,(H,24,31). The van der Waals surface area contributed by atoms with Crippen molar-refractivity contribution in [3.05, 3.63) is 64.6 Å². The summed E-state index contributed by atoms with van der Waals surface area (Å²) in [5.74, 6) is 0.515. The van der Waals surface area contributed by atoms with Gasteiger partial charge < -0.3 is 5.32 Å². The molecule has 162 valence electrons. The Morgan fingerprint density at radius 3 is 2.66 bits per heavy atom. The molecule has 1 aliphatic carbocycles. The van der Waals surface area contributed by atoms with E-state index < -0.39 is 0 Å². The minimum Gasteiger partial charge on any atom is -0.321 e. The molecule has 0 atom stereocenters. The molecule has 4 aromatic rings. The fourth-order valence-corrected chi connectivity index (χ4v) is 3.75. The lowest BCUT2D eigenvalue weighted by Gasteiger charge is -2.13. The zero-order valence-corrected chi connectivity index (χ0v) is 17.9. The molecule has 0 unspecified atom stereocenters. The number of carbonyl (C=O) groups excluding carboxylic acids is 1. The highest BCUT2D eigenvalue weighted by molar-refractivity contribution is 6.11. The first kappa shape index (κ1) is 20.0. The normalized spacial score (nSPS) is 13.6. The van der Waals surface area contributed by atoms with Crippen LogP contribution in [-0.2, 0) is 6.54 Å². The Morgan fingerprint density at radius 1 is 1.12 bits per heavy atom. The maximum absolute atomic E-state index is 13.2. The van der Waals surface area contributed by atoms with Gasteiger partial charge in [-0.3, -0.25) is 9.59 Å². The Balaban J connectivity index is 1.50. The Bertz CT molecular complexity index is 1370. The van der Waals surface area contributed by atoms with Crippen molar-refractivity contribution in [2.24, 2.45) is 5.92 Å². The fraction of sp³-hybridized carbons (Fsp3) is 0.304. The second-order valence-electron chi connectivity index (χ2n) is 8.49. The van der Waals surface area contributed by atoms with Crippen molar-refractivity contribution >= 4 is 22.4 Å². The first-order valence-corrected chi connectivity index (χ1v) is 10.7. The van der Waals surface area contributed by atoms with Crippen molar-refractivity contribution in [3.8, 4) is 11.4 Å². The van der Waals surface area contributed by atoms with E-state index in [1.54, 1.807) is 30.3 Å². The Labute approximate surface area is 184 Å². The van der Waals surface area contributed by atoms with Crippen molar-refractivity contribution in [1.29, 1.82) is 0 Å². The molecule has 1 fully saturated rings. The van der Waals surface area contributed by atoms with Gasteiger partial charge in [-0.2, -0.15) is 5.10 Å². The summed E-state index contributed by atoms with van der Waals surface area (Å²) in [4.78, 5) is 26.0. The number of rotatable bonds is 6. The summed E-state index contributed by atoms with van der Waals surface area (Å²) in [5.41, 5.74) is 1.45. The summed E-state index contributed by atoms with van der Waals surface area (Å²) in [6, 6.07) is 14.8. The smallest absolute Gasteiger partial charge is 0.276 e. The number of carbonyl (C=O) groups is 1. The van der Waals surface area contributed by atoms with Crippen LogP contribution in [0.3, 0.4) is 0 Å². The third-order valence-corrected chi connectivity index (χ3v) is 5.39. The van der Waals surface area contributed by atoms with Gasteiger partial charge in [-0.15, -0.1) is 5.10 Å². The number of tetrazole rings is 1. The monoisotopic (exact) mass is 429 g/mol. The van der Waals surface area contributed by atoms with Crippen molar-refractivity contribution in [1.82, 2.24) is 30.0 Å². The molecule has 2 aromatic heterocycles. The molecule has 9 heteroatoms. The minimum absolute atomic E-state index is 0.195. The van der Waals surface area contributed by atoms with Crippen LogP contribution < -0.4 is 10.9 Å². The van der Waals surface area contributed by atoms with Gasteiger partial charge in [0.2, 0.25) is 0 Å². The molecule has 5 rings (SSSR count). The first-order chi connectivity index (χ1) is 15.5. The molecule has 1 amide bonds. The topological polar surface area (TPSA) is 108 Å². The van der Waals surface area contributed by atoms with Crippen LogP contribution in [0.4, 0.5) is 5.69 Å². The summed E-state index contributed by atoms with van der Waals surface area (Å²) in [7, 11) is 0. The highest BCUT2D eigenvalue weighted by Gasteiger charge is 2.28. The molecular formula is C23H23N7O2. The molecule has 0 aliphatic heterocycles. The van der Waals surface area contributed by atoms with E-state index in [2.05, 4.69) is 25.9 Å². The van der Waals surface area contributed by atoms with Crippen LogP contribution in [0.1, 0.15) is 43.2 Å². The number of fused-ring (bicyclic) bond motifs is 1. The van der Waals surface area contributed by atoms with Crippen molar-refractivity contribution in [2.75, 3.05) is 5.32 Å². The lowest BCUT2D eigenvalue weighted by molar-refractivity contribution is 0.102. The molecule has 0 spiro atoms. The maximum atomic E-state index is 13.2. The van der Waals surface area contributed by atoms with Gasteiger partial charge in [-0.05, 0) is 47.4 Å². The van der Waals surface area contributed by atoms with E-state index >= 15 is 0 Å². The Morgan fingerprint density at radius 2 is 1.91 bits per heavy atom. The molecule has 0 saturated heterocycles. The molecule has 2 heterocycles. The molecule has 1 saturated carbocycles. The molecule has 1 aliphatic rings. The average Bonchev–Trinajstić information content (AvgIpc) is 3.51. The average molecular weight is 429 g/mol. The van der Waals surface area contributed by atoms with Gasteiger partial charge in [-0.1, -0.05) is 44.2 Å². The number of aromatic nitrogens is 6. The number of anilines is 1. The second kappa shape index (κ2) is 7.99. The lowest BCUT2D eigenvalue weighted by atomic mass is 10.1. The van der Waals surface area contributed by atoms with Crippen LogP contribution >= 0.6 is 0 Å². The van der Waals surface area contributed by atoms with E-state index in [1.807, 2.05) is 36.7 Å². The third kappa shape index (κ3) is 3.77. The number of nitrogens with one attached hydrogen (secondary N) is 1. The number of benzene rings is 2. The summed E-state index contributed by atoms with van der Waals surface area (Å²) in [5, 5.41) is 20.4. The van der Waals surface area contributed by atoms with Crippen LogP contribution in [0.5, 0.6) is 0 Å². The first-order valence-electron chi connectivity index (χ1n) is 10.7. The van der Waals surface area contributed by atoms with Crippen molar-refractivity contribution in [2.45, 2.75) is 39.3 Å². The number of hydrogen-bond acceptors (Lipinski definition) is 6. The SMILES string of the molecule is CC(C)Cn1nc(C(=O)Nc2cccc(-c3nnnn3C3CC3)c2)c2ccccc2c1=O. The molecule has 9 nitrogen and oxygen atoms in total. The van der Waals surface area contributed by atoms with Gasteiger partial charge in [0.1, 0.15) is 0 Å². The number of amides is 1. The van der Waals surface area contributed by atoms with E-state index in [9.17, 15) is 9.59 Å². The Hall–Kier alpha value is -3.88. The zero-order chi connectivity index (χ0) is 22.2. The summed E-state index contributed by atoms with van der Waals surface area (Å²) in [6.45, 7) is 4.44. The van der Waals surface area contributed by atoms with Gasteiger partial charge in [0, 0.05) is 23.2 Å². The Kier molecular flexibility index (Phi) is 5.01. The summed E-state index contributed by atoms with van der Waals surface area (Å²) >= 11 is 0. The van der Waals surface area contributed by atoms with Crippen LogP contribution in [0.15, 0.2) is 53.3 Å². The predicted molar refractivity (Wildman–Crippen MR) is 120 cm³/mol. The van der Waals surface area contributed by atoms with Gasteiger partial charge in [0.05, 0.1) is 11.4 Å². The lowest BCUT2D eigenvalue weighted by Crippen LogP contribution is -2.29. The van der Waals surface area contributed by atoms with Gasteiger partial charge in [0.25, 0.3) is 11.5 Å². The number of hydrogen-bond donors (Lipinski definition) is 1. The van der Waals surface area contributed by atoms with E-state index in [1.165, 1.54) is 4.68 Å². The van der Waals surface area contributed by atoms with Crippen LogP contribution in [0, 0.1) is 5.92 Å². The molecule has 2 aromatic carbocycles. The third-order valence-electron chi connectivity index (χ3n) is 5.39. The zero-order valence-electron chi connectivity index (χ0n) is 17.9. The van der Waals surface area contributed by atoms with Crippen molar-refractivity contribution < 1.29 is 4.79 Å². The largest absolute Gasteiger partial charge is 0.321 e. The van der Waals surface area contributed by atoms with Crippen LogP contribution in [0.2, 0.25) is 0 Å². The van der Waals surface area contributed by atoms with Crippen LogP contribution in [0.25, 0.3) is 22.2 Å². The highest BCUT2D eigenvalue weighted by atomic mass is 16.2. The molecular weight excluding hydrogens is 406 g/mol. The minimum atomic E-state index is -0.377. The highest BCUT2D eigenvalue weighted by Crippen LogP contribution is 2.36. The van der Waals surface area contributed by atoms with E-state index in [-0.39, 0.29) is 23.1 Å². The summed E-state index contributed by atoms with van der Waals surface area (Å²) < 4.78 is 3.21. The molecule has 0 bridgehead atoms. The maximum Gasteiger partial charge on any atom is 0.276 e. The van der Waals surface area contributed by atoms with Gasteiger partial charge >= 0.3 is 0 Å². The molecule has 0 radical (unpaired) electrons. The van der Waals surface area contributed by atoms with Crippen LogP contribution in [-0.4, -0.2) is 35.9 Å². The predicted octanol–water partition coefficient (Wildman–Crippen LogP) is 3.29. The second-order valence-corrected chi connectivity index (χ2v) is 8.49. The summed E-state index contributed by atoms with van der Waals surface area (Å²) in [6.07, 6.45) is 2.14. The quantitative estimate of drug-likeness (QED) is 0.504. The molecule has 1 N–H and O–H groups in total. The van der Waals surface area contributed by atoms with E-state index in [0.717, 1.165) is 18.4 Å². The van der Waals surface area contributed by atoms with E-state index in [0.29, 0.717) is 34.9 Å². The van der Waals surface area contributed by atoms with Crippen molar-refractivity contribution in [3.63, 3.8) is 0 Å². The number of nitrogens with zero attached hydrogens (tertiary/aromatic N) is 6. The molecule has 32 heavy (non-hydrogen) atoms. The fourth-order valence-electron chi connectivity index (χ4n) is 3.75. The van der Waals surface area contributed by atoms with E-state index in [4.69, 9.17) is 0 Å². The van der Waals surface area contributed by atoms with Gasteiger partial charge in [-0.25, -0.2) is 9.36 Å².